The molecular formula is C48H33N5. The number of rotatable bonds is 8. The molecule has 8 rings (SSSR count). The lowest BCUT2D eigenvalue weighted by Gasteiger charge is -2.15. The van der Waals surface area contributed by atoms with E-state index in [4.69, 9.17) is 19.9 Å². The maximum absolute atomic E-state index is 9.50. The van der Waals surface area contributed by atoms with E-state index in [1.165, 1.54) is 0 Å². The molecule has 0 saturated heterocycles. The van der Waals surface area contributed by atoms with E-state index in [9.17, 15) is 5.26 Å². The number of nitriles is 1. The fourth-order valence-electron chi connectivity index (χ4n) is 6.56. The first-order valence-electron chi connectivity index (χ1n) is 17.4. The molecule has 0 aliphatic rings. The summed E-state index contributed by atoms with van der Waals surface area (Å²) in [6.07, 6.45) is 5.66. The fraction of sp³-hybridized carbons (Fsp3) is 0.0208. The molecule has 53 heavy (non-hydrogen) atoms. The second kappa shape index (κ2) is 14.5. The van der Waals surface area contributed by atoms with Crippen LogP contribution in [-0.4, -0.2) is 19.9 Å². The minimum absolute atomic E-state index is 0.618. The number of aromatic nitrogens is 4. The molecule has 0 radical (unpaired) electrons. The van der Waals surface area contributed by atoms with Crippen molar-refractivity contribution in [1.82, 2.24) is 19.9 Å². The summed E-state index contributed by atoms with van der Waals surface area (Å²) in [5.41, 5.74) is 12.4. The SMILES string of the molecule is C=Cc1nc(-c2ccc(-c3ccc(-c4cc(-c5ccccc5)nc(-c5ccccc5)n4)cc3)cc2)c(-c2cccc3cc(C#N)ccc23)nc1/C=C\C. The Morgan fingerprint density at radius 1 is 0.528 bits per heavy atom. The Balaban J connectivity index is 1.16. The monoisotopic (exact) mass is 679 g/mol. The van der Waals surface area contributed by atoms with E-state index in [1.807, 2.05) is 97.9 Å². The molecule has 8 aromatic rings. The van der Waals surface area contributed by atoms with Gasteiger partial charge in [-0.3, -0.25) is 0 Å². The van der Waals surface area contributed by atoms with Gasteiger partial charge in [-0.05, 0) is 59.2 Å². The average molecular weight is 680 g/mol. The zero-order chi connectivity index (χ0) is 36.1. The van der Waals surface area contributed by atoms with Gasteiger partial charge in [-0.2, -0.15) is 5.26 Å². The normalized spacial score (nSPS) is 11.1. The fourth-order valence-corrected chi connectivity index (χ4v) is 6.56. The molecular weight excluding hydrogens is 647 g/mol. The largest absolute Gasteiger partial charge is 0.244 e. The Morgan fingerprint density at radius 3 is 1.74 bits per heavy atom. The van der Waals surface area contributed by atoms with E-state index >= 15 is 0 Å². The molecule has 0 N–H and O–H groups in total. The first-order valence-corrected chi connectivity index (χ1v) is 17.4. The lowest BCUT2D eigenvalue weighted by Crippen LogP contribution is -2.00. The number of nitrogens with zero attached hydrogens (tertiary/aromatic N) is 5. The standard InChI is InChI=1S/C48H33N5/c1-3-12-43-42(4-2)50-46(47(51-43)41-18-11-17-39-29-32(31-49)19-28-40(39)41)37-26-22-34(23-27-37)33-20-24-36(25-21-33)45-30-44(35-13-7-5-8-14-35)52-48(53-45)38-15-9-6-10-16-38/h3-30H,2H2,1H3/b12-3-. The minimum atomic E-state index is 0.618. The summed E-state index contributed by atoms with van der Waals surface area (Å²) < 4.78 is 0. The molecule has 0 amide bonds. The summed E-state index contributed by atoms with van der Waals surface area (Å²) in [5.74, 6) is 0.692. The van der Waals surface area contributed by atoms with Gasteiger partial charge in [-0.25, -0.2) is 19.9 Å². The second-order valence-corrected chi connectivity index (χ2v) is 12.6. The molecule has 0 bridgehead atoms. The first-order chi connectivity index (χ1) is 26.1. The molecule has 0 atom stereocenters. The van der Waals surface area contributed by atoms with E-state index in [2.05, 4.69) is 85.4 Å². The predicted molar refractivity (Wildman–Crippen MR) is 217 cm³/mol. The molecule has 0 saturated carbocycles. The van der Waals surface area contributed by atoms with Crippen LogP contribution in [0.5, 0.6) is 0 Å². The maximum Gasteiger partial charge on any atom is 0.160 e. The van der Waals surface area contributed by atoms with Crippen LogP contribution >= 0.6 is 0 Å². The molecule has 6 aromatic carbocycles. The van der Waals surface area contributed by atoms with E-state index in [0.29, 0.717) is 17.1 Å². The van der Waals surface area contributed by atoms with Crippen molar-refractivity contribution in [2.24, 2.45) is 0 Å². The van der Waals surface area contributed by atoms with Gasteiger partial charge in [-0.1, -0.05) is 146 Å². The van der Waals surface area contributed by atoms with Crippen LogP contribution < -0.4 is 0 Å². The number of allylic oxidation sites excluding steroid dienone is 1. The van der Waals surface area contributed by atoms with E-state index in [1.54, 1.807) is 6.08 Å². The molecule has 0 spiro atoms. The van der Waals surface area contributed by atoms with Gasteiger partial charge in [0.2, 0.25) is 0 Å². The molecule has 0 fully saturated rings. The highest BCUT2D eigenvalue weighted by atomic mass is 14.9. The average Bonchev–Trinajstić information content (AvgIpc) is 3.24. The van der Waals surface area contributed by atoms with Crippen LogP contribution in [0.2, 0.25) is 0 Å². The Labute approximate surface area is 309 Å². The maximum atomic E-state index is 9.50. The highest BCUT2D eigenvalue weighted by Crippen LogP contribution is 2.37. The third-order valence-corrected chi connectivity index (χ3v) is 9.23. The smallest absolute Gasteiger partial charge is 0.160 e. The van der Waals surface area contributed by atoms with Crippen LogP contribution in [0, 0.1) is 11.3 Å². The topological polar surface area (TPSA) is 75.3 Å². The van der Waals surface area contributed by atoms with Gasteiger partial charge in [0.1, 0.15) is 0 Å². The molecule has 0 aliphatic carbocycles. The Hall–Kier alpha value is -7.29. The summed E-state index contributed by atoms with van der Waals surface area (Å²) >= 11 is 0. The van der Waals surface area contributed by atoms with E-state index in [-0.39, 0.29) is 0 Å². The van der Waals surface area contributed by atoms with E-state index in [0.717, 1.165) is 78.2 Å². The Kier molecular flexibility index (Phi) is 9.01. The van der Waals surface area contributed by atoms with Gasteiger partial charge in [0.25, 0.3) is 0 Å². The van der Waals surface area contributed by atoms with Crippen molar-refractivity contribution in [1.29, 1.82) is 5.26 Å². The summed E-state index contributed by atoms with van der Waals surface area (Å²) in [6.45, 7) is 5.99. The molecule has 5 nitrogen and oxygen atoms in total. The number of fused-ring (bicyclic) bond motifs is 1. The van der Waals surface area contributed by atoms with Crippen LogP contribution in [0.4, 0.5) is 0 Å². The van der Waals surface area contributed by atoms with Gasteiger partial charge in [-0.15, -0.1) is 0 Å². The zero-order valence-corrected chi connectivity index (χ0v) is 29.1. The highest BCUT2D eigenvalue weighted by Gasteiger charge is 2.18. The summed E-state index contributed by atoms with van der Waals surface area (Å²) in [4.78, 5) is 20.2. The Morgan fingerprint density at radius 2 is 1.11 bits per heavy atom. The molecule has 5 heteroatoms. The van der Waals surface area contributed by atoms with E-state index < -0.39 is 0 Å². The summed E-state index contributed by atoms with van der Waals surface area (Å²) in [6, 6.07) is 53.4. The highest BCUT2D eigenvalue weighted by molar-refractivity contribution is 5.99. The second-order valence-electron chi connectivity index (χ2n) is 12.6. The predicted octanol–water partition coefficient (Wildman–Crippen LogP) is 12.0. The van der Waals surface area contributed by atoms with Gasteiger partial charge >= 0.3 is 0 Å². The first kappa shape index (κ1) is 32.9. The van der Waals surface area contributed by atoms with Crippen LogP contribution in [0.1, 0.15) is 23.9 Å². The van der Waals surface area contributed by atoms with Crippen molar-refractivity contribution in [3.05, 3.63) is 181 Å². The lowest BCUT2D eigenvalue weighted by atomic mass is 9.95. The molecule has 0 unspecified atom stereocenters. The van der Waals surface area contributed by atoms with Crippen molar-refractivity contribution < 1.29 is 0 Å². The minimum Gasteiger partial charge on any atom is -0.244 e. The third-order valence-electron chi connectivity index (χ3n) is 9.23. The number of hydrogen-bond donors (Lipinski definition) is 0. The summed E-state index contributed by atoms with van der Waals surface area (Å²) in [7, 11) is 0. The van der Waals surface area contributed by atoms with Gasteiger partial charge < -0.3 is 0 Å². The number of benzene rings is 6. The third kappa shape index (κ3) is 6.65. The van der Waals surface area contributed by atoms with Crippen LogP contribution in [0.15, 0.2) is 164 Å². The molecule has 0 aliphatic heterocycles. The zero-order valence-electron chi connectivity index (χ0n) is 29.1. The van der Waals surface area contributed by atoms with Crippen LogP contribution in [-0.2, 0) is 0 Å². The van der Waals surface area contributed by atoms with Crippen LogP contribution in [0.3, 0.4) is 0 Å². The quantitative estimate of drug-likeness (QED) is 0.160. The lowest BCUT2D eigenvalue weighted by molar-refractivity contribution is 1.17. The molecule has 2 heterocycles. The van der Waals surface area contributed by atoms with Crippen LogP contribution in [0.25, 0.3) is 90.5 Å². The van der Waals surface area contributed by atoms with Gasteiger partial charge in [0.05, 0.1) is 45.8 Å². The van der Waals surface area contributed by atoms with Gasteiger partial charge in [0, 0.05) is 27.8 Å². The van der Waals surface area contributed by atoms with Crippen molar-refractivity contribution in [3.63, 3.8) is 0 Å². The molecule has 250 valence electrons. The van der Waals surface area contributed by atoms with Crippen molar-refractivity contribution in [2.75, 3.05) is 0 Å². The number of hydrogen-bond acceptors (Lipinski definition) is 5. The van der Waals surface area contributed by atoms with Crippen molar-refractivity contribution in [2.45, 2.75) is 6.92 Å². The van der Waals surface area contributed by atoms with Gasteiger partial charge in [0.15, 0.2) is 5.82 Å². The molecule has 2 aromatic heterocycles. The van der Waals surface area contributed by atoms with Crippen molar-refractivity contribution in [3.8, 4) is 73.6 Å². The Bertz CT molecular complexity index is 2620. The summed E-state index contributed by atoms with van der Waals surface area (Å²) in [5, 5.41) is 11.5. The van der Waals surface area contributed by atoms with Crippen molar-refractivity contribution >= 4 is 22.9 Å².